The fourth-order valence-electron chi connectivity index (χ4n) is 0.846. The Morgan fingerprint density at radius 2 is 2.00 bits per heavy atom. The van der Waals surface area contributed by atoms with E-state index in [0.717, 1.165) is 19.3 Å². The second-order valence-corrected chi connectivity index (χ2v) is 3.89. The minimum absolute atomic E-state index is 0.155. The van der Waals surface area contributed by atoms with Crippen LogP contribution in [-0.2, 0) is 4.79 Å². The molecular formula is C8H14Cl2O2. The average molecular weight is 213 g/mol. The van der Waals surface area contributed by atoms with E-state index in [1.165, 1.54) is 0 Å². The molecule has 2 atom stereocenters. The Kier molecular flexibility index (Phi) is 6.58. The Bertz CT molecular complexity index is 139. The Hall–Kier alpha value is 0.0500. The van der Waals surface area contributed by atoms with Crippen molar-refractivity contribution < 1.29 is 9.90 Å². The van der Waals surface area contributed by atoms with Gasteiger partial charge in [0, 0.05) is 5.38 Å². The summed E-state index contributed by atoms with van der Waals surface area (Å²) >= 11 is 11.3. The Morgan fingerprint density at radius 3 is 2.42 bits per heavy atom. The molecule has 4 heteroatoms. The normalized spacial score (nSPS) is 15.6. The molecule has 0 aliphatic carbocycles. The van der Waals surface area contributed by atoms with Crippen molar-refractivity contribution in [3.63, 3.8) is 0 Å². The van der Waals surface area contributed by atoms with Gasteiger partial charge in [-0.05, 0) is 25.7 Å². The lowest BCUT2D eigenvalue weighted by Gasteiger charge is -2.06. The molecule has 72 valence electrons. The van der Waals surface area contributed by atoms with Crippen molar-refractivity contribution in [3.8, 4) is 0 Å². The number of rotatable bonds is 6. The zero-order chi connectivity index (χ0) is 9.56. The van der Waals surface area contributed by atoms with E-state index >= 15 is 0 Å². The first kappa shape index (κ1) is 12.0. The van der Waals surface area contributed by atoms with Crippen molar-refractivity contribution in [2.24, 2.45) is 0 Å². The minimum Gasteiger partial charge on any atom is -0.480 e. The van der Waals surface area contributed by atoms with Gasteiger partial charge in [-0.15, -0.1) is 23.2 Å². The monoisotopic (exact) mass is 212 g/mol. The van der Waals surface area contributed by atoms with E-state index in [0.29, 0.717) is 6.42 Å². The third-order valence-electron chi connectivity index (χ3n) is 1.69. The summed E-state index contributed by atoms with van der Waals surface area (Å²) in [6, 6.07) is 0. The topological polar surface area (TPSA) is 37.3 Å². The van der Waals surface area contributed by atoms with Crippen molar-refractivity contribution in [3.05, 3.63) is 0 Å². The Balaban J connectivity index is 3.37. The maximum Gasteiger partial charge on any atom is 0.321 e. The van der Waals surface area contributed by atoms with Gasteiger partial charge in [0.1, 0.15) is 5.38 Å². The fraction of sp³-hybridized carbons (Fsp3) is 0.875. The molecule has 0 heterocycles. The molecule has 0 aliphatic heterocycles. The number of hydrogen-bond acceptors (Lipinski definition) is 1. The molecule has 0 spiro atoms. The van der Waals surface area contributed by atoms with E-state index < -0.39 is 11.3 Å². The zero-order valence-electron chi connectivity index (χ0n) is 7.09. The number of carbonyl (C=O) groups is 1. The number of hydrogen-bond donors (Lipinski definition) is 1. The number of halogens is 2. The SMILES string of the molecule is CCC(Cl)CCCC(Cl)C(=O)O. The van der Waals surface area contributed by atoms with Gasteiger partial charge in [0.05, 0.1) is 0 Å². The van der Waals surface area contributed by atoms with Gasteiger partial charge in [-0.25, -0.2) is 0 Å². The van der Waals surface area contributed by atoms with E-state index in [9.17, 15) is 4.79 Å². The van der Waals surface area contributed by atoms with E-state index in [1.807, 2.05) is 6.92 Å². The quantitative estimate of drug-likeness (QED) is 0.688. The molecule has 0 fully saturated rings. The van der Waals surface area contributed by atoms with Crippen LogP contribution in [0.5, 0.6) is 0 Å². The molecule has 0 rings (SSSR count). The third-order valence-corrected chi connectivity index (χ3v) is 2.62. The molecule has 0 saturated carbocycles. The molecule has 1 N–H and O–H groups in total. The van der Waals surface area contributed by atoms with Crippen LogP contribution in [0, 0.1) is 0 Å². The Labute approximate surface area is 82.9 Å². The summed E-state index contributed by atoms with van der Waals surface area (Å²) in [7, 11) is 0. The van der Waals surface area contributed by atoms with Crippen molar-refractivity contribution in [1.82, 2.24) is 0 Å². The largest absolute Gasteiger partial charge is 0.480 e. The van der Waals surface area contributed by atoms with E-state index in [-0.39, 0.29) is 5.38 Å². The molecule has 2 unspecified atom stereocenters. The summed E-state index contributed by atoms with van der Waals surface area (Å²) in [6.45, 7) is 2.01. The van der Waals surface area contributed by atoms with Gasteiger partial charge in [-0.2, -0.15) is 0 Å². The number of carboxylic acid groups (broad SMARTS) is 1. The predicted octanol–water partition coefficient (Wildman–Crippen LogP) is 2.87. The van der Waals surface area contributed by atoms with Crippen LogP contribution in [0.1, 0.15) is 32.6 Å². The van der Waals surface area contributed by atoms with Crippen molar-refractivity contribution >= 4 is 29.2 Å². The molecule has 0 aliphatic rings. The highest BCUT2D eigenvalue weighted by Crippen LogP contribution is 2.14. The van der Waals surface area contributed by atoms with Gasteiger partial charge in [0.25, 0.3) is 0 Å². The summed E-state index contributed by atoms with van der Waals surface area (Å²) in [5.74, 6) is -0.945. The first-order valence-corrected chi connectivity index (χ1v) is 4.96. The first-order chi connectivity index (χ1) is 5.57. The lowest BCUT2D eigenvalue weighted by molar-refractivity contribution is -0.136. The molecule has 0 saturated heterocycles. The van der Waals surface area contributed by atoms with Crippen LogP contribution in [-0.4, -0.2) is 21.8 Å². The molecule has 0 aromatic carbocycles. The van der Waals surface area contributed by atoms with Crippen molar-refractivity contribution in [2.45, 2.75) is 43.4 Å². The lowest BCUT2D eigenvalue weighted by Crippen LogP contribution is -2.13. The van der Waals surface area contributed by atoms with Gasteiger partial charge < -0.3 is 5.11 Å². The minimum atomic E-state index is -0.945. The van der Waals surface area contributed by atoms with Gasteiger partial charge in [0.15, 0.2) is 0 Å². The predicted molar refractivity (Wildman–Crippen MR) is 51.1 cm³/mol. The van der Waals surface area contributed by atoms with Crippen LogP contribution in [0.25, 0.3) is 0 Å². The standard InChI is InChI=1S/C8H14Cl2O2/c1-2-6(9)4-3-5-7(10)8(11)12/h6-7H,2-5H2,1H3,(H,11,12). The van der Waals surface area contributed by atoms with Crippen LogP contribution in [0.3, 0.4) is 0 Å². The second-order valence-electron chi connectivity index (χ2n) is 2.74. The van der Waals surface area contributed by atoms with Crippen LogP contribution < -0.4 is 0 Å². The maximum atomic E-state index is 10.3. The Morgan fingerprint density at radius 1 is 1.42 bits per heavy atom. The van der Waals surface area contributed by atoms with Crippen LogP contribution >= 0.6 is 23.2 Å². The van der Waals surface area contributed by atoms with Gasteiger partial charge >= 0.3 is 5.97 Å². The zero-order valence-corrected chi connectivity index (χ0v) is 8.61. The highest BCUT2D eigenvalue weighted by atomic mass is 35.5. The third kappa shape index (κ3) is 5.67. The lowest BCUT2D eigenvalue weighted by atomic mass is 10.1. The smallest absolute Gasteiger partial charge is 0.321 e. The molecule has 0 bridgehead atoms. The second kappa shape index (κ2) is 6.55. The van der Waals surface area contributed by atoms with Crippen LogP contribution in [0.4, 0.5) is 0 Å². The number of carboxylic acids is 1. The highest BCUT2D eigenvalue weighted by molar-refractivity contribution is 6.29. The van der Waals surface area contributed by atoms with Crippen molar-refractivity contribution in [2.75, 3.05) is 0 Å². The van der Waals surface area contributed by atoms with E-state index in [2.05, 4.69) is 0 Å². The summed E-state index contributed by atoms with van der Waals surface area (Å²) in [4.78, 5) is 10.3. The molecule has 0 amide bonds. The van der Waals surface area contributed by atoms with E-state index in [1.54, 1.807) is 0 Å². The molecular weight excluding hydrogens is 199 g/mol. The molecule has 0 aromatic rings. The summed E-state index contributed by atoms with van der Waals surface area (Å²) < 4.78 is 0. The molecule has 2 nitrogen and oxygen atoms in total. The average Bonchev–Trinajstić information content (AvgIpc) is 2.03. The first-order valence-electron chi connectivity index (χ1n) is 4.08. The summed E-state index contributed by atoms with van der Waals surface area (Å²) in [6.07, 6.45) is 3.04. The van der Waals surface area contributed by atoms with E-state index in [4.69, 9.17) is 28.3 Å². The highest BCUT2D eigenvalue weighted by Gasteiger charge is 2.13. The van der Waals surface area contributed by atoms with Gasteiger partial charge in [0.2, 0.25) is 0 Å². The number of aliphatic carboxylic acids is 1. The molecule has 0 radical (unpaired) electrons. The maximum absolute atomic E-state index is 10.3. The van der Waals surface area contributed by atoms with Gasteiger partial charge in [-0.1, -0.05) is 6.92 Å². The molecule has 12 heavy (non-hydrogen) atoms. The number of alkyl halides is 2. The van der Waals surface area contributed by atoms with Gasteiger partial charge in [-0.3, -0.25) is 4.79 Å². The fourth-order valence-corrected chi connectivity index (χ4v) is 1.15. The van der Waals surface area contributed by atoms with Crippen molar-refractivity contribution in [1.29, 1.82) is 0 Å². The summed E-state index contributed by atoms with van der Waals surface area (Å²) in [5, 5.41) is 7.84. The van der Waals surface area contributed by atoms with Crippen LogP contribution in [0.15, 0.2) is 0 Å². The molecule has 0 aromatic heterocycles. The van der Waals surface area contributed by atoms with Crippen LogP contribution in [0.2, 0.25) is 0 Å². The summed E-state index contributed by atoms with van der Waals surface area (Å²) in [5.41, 5.74) is 0.